The average Bonchev–Trinajstić information content (AvgIpc) is 2.96. The highest BCUT2D eigenvalue weighted by Gasteiger charge is 2.35. The molecular formula is C18H23ClN2OS. The van der Waals surface area contributed by atoms with Crippen molar-refractivity contribution in [1.29, 1.82) is 0 Å². The van der Waals surface area contributed by atoms with E-state index in [0.717, 1.165) is 23.9 Å². The largest absolute Gasteiger partial charge is 0.489 e. The molecule has 124 valence electrons. The molecule has 1 N–H and O–H groups in total. The zero-order valence-electron chi connectivity index (χ0n) is 13.3. The summed E-state index contributed by atoms with van der Waals surface area (Å²) in [5.74, 6) is 1.74. The van der Waals surface area contributed by atoms with E-state index in [-0.39, 0.29) is 12.4 Å². The van der Waals surface area contributed by atoms with Gasteiger partial charge < -0.3 is 10.1 Å². The molecule has 5 rings (SSSR count). The summed E-state index contributed by atoms with van der Waals surface area (Å²) in [7, 11) is 0. The Morgan fingerprint density at radius 3 is 2.43 bits per heavy atom. The van der Waals surface area contributed by atoms with Crippen LogP contribution in [0.4, 0.5) is 11.4 Å². The summed E-state index contributed by atoms with van der Waals surface area (Å²) in [6, 6.07) is 8.38. The molecule has 5 heteroatoms. The SMILES string of the molecule is Cc1cscc1Nc1ccc(OC2CN3CCC2CC3)cc1.Cl. The zero-order valence-corrected chi connectivity index (χ0v) is 15.0. The molecule has 3 aliphatic rings. The second kappa shape index (κ2) is 7.12. The molecule has 0 aliphatic carbocycles. The Morgan fingerprint density at radius 2 is 1.87 bits per heavy atom. The maximum Gasteiger partial charge on any atom is 0.119 e. The van der Waals surface area contributed by atoms with Gasteiger partial charge in [-0.1, -0.05) is 0 Å². The van der Waals surface area contributed by atoms with Gasteiger partial charge in [0.2, 0.25) is 0 Å². The Labute approximate surface area is 148 Å². The van der Waals surface area contributed by atoms with Crippen LogP contribution < -0.4 is 10.1 Å². The topological polar surface area (TPSA) is 24.5 Å². The Kier molecular flexibility index (Phi) is 5.14. The quantitative estimate of drug-likeness (QED) is 0.865. The summed E-state index contributed by atoms with van der Waals surface area (Å²) >= 11 is 1.73. The van der Waals surface area contributed by atoms with Crippen molar-refractivity contribution < 1.29 is 4.74 Å². The zero-order chi connectivity index (χ0) is 14.9. The summed E-state index contributed by atoms with van der Waals surface area (Å²) in [6.45, 7) is 5.74. The first-order chi connectivity index (χ1) is 10.8. The van der Waals surface area contributed by atoms with Crippen LogP contribution in [0.3, 0.4) is 0 Å². The molecule has 0 spiro atoms. The highest BCUT2D eigenvalue weighted by molar-refractivity contribution is 7.08. The van der Waals surface area contributed by atoms with Crippen LogP contribution in [0.2, 0.25) is 0 Å². The number of thiophene rings is 1. The summed E-state index contributed by atoms with van der Waals surface area (Å²) < 4.78 is 6.24. The van der Waals surface area contributed by atoms with Crippen LogP contribution in [0.15, 0.2) is 35.0 Å². The van der Waals surface area contributed by atoms with Crippen molar-refractivity contribution in [3.05, 3.63) is 40.6 Å². The molecule has 1 aromatic carbocycles. The smallest absolute Gasteiger partial charge is 0.119 e. The highest BCUT2D eigenvalue weighted by atomic mass is 35.5. The van der Waals surface area contributed by atoms with Gasteiger partial charge in [-0.25, -0.2) is 0 Å². The van der Waals surface area contributed by atoms with Crippen LogP contribution in [0.5, 0.6) is 5.75 Å². The third-order valence-electron chi connectivity index (χ3n) is 4.87. The predicted octanol–water partition coefficient (Wildman–Crippen LogP) is 4.69. The number of nitrogens with zero attached hydrogens (tertiary/aromatic N) is 1. The minimum absolute atomic E-state index is 0. The number of rotatable bonds is 4. The molecule has 0 amide bonds. The first-order valence-electron chi connectivity index (χ1n) is 8.07. The number of nitrogens with one attached hydrogen (secondary N) is 1. The number of benzene rings is 1. The summed E-state index contributed by atoms with van der Waals surface area (Å²) in [6.07, 6.45) is 2.96. The number of hydrogen-bond acceptors (Lipinski definition) is 4. The molecule has 3 aliphatic heterocycles. The number of hydrogen-bond donors (Lipinski definition) is 1. The molecular weight excluding hydrogens is 328 g/mol. The Hall–Kier alpha value is -1.23. The molecule has 4 heterocycles. The minimum Gasteiger partial charge on any atom is -0.489 e. The lowest BCUT2D eigenvalue weighted by atomic mass is 9.86. The third kappa shape index (κ3) is 3.65. The maximum absolute atomic E-state index is 6.24. The first kappa shape index (κ1) is 16.6. The summed E-state index contributed by atoms with van der Waals surface area (Å²) in [5.41, 5.74) is 3.59. The molecule has 1 unspecified atom stereocenters. The second-order valence-electron chi connectivity index (χ2n) is 6.41. The average molecular weight is 351 g/mol. The lowest BCUT2D eigenvalue weighted by molar-refractivity contribution is -0.00775. The molecule has 3 saturated heterocycles. The highest BCUT2D eigenvalue weighted by Crippen LogP contribution is 2.31. The number of ether oxygens (including phenoxy) is 1. The lowest BCUT2D eigenvalue weighted by Crippen LogP contribution is -2.52. The van der Waals surface area contributed by atoms with Crippen molar-refractivity contribution in [1.82, 2.24) is 4.90 Å². The molecule has 1 aromatic heterocycles. The van der Waals surface area contributed by atoms with Crippen molar-refractivity contribution in [3.63, 3.8) is 0 Å². The number of anilines is 2. The van der Waals surface area contributed by atoms with Crippen LogP contribution in [0.1, 0.15) is 18.4 Å². The van der Waals surface area contributed by atoms with E-state index in [2.05, 4.69) is 52.2 Å². The minimum atomic E-state index is 0. The molecule has 23 heavy (non-hydrogen) atoms. The van der Waals surface area contributed by atoms with Crippen molar-refractivity contribution in [3.8, 4) is 5.75 Å². The van der Waals surface area contributed by atoms with Crippen molar-refractivity contribution >= 4 is 35.1 Å². The van der Waals surface area contributed by atoms with E-state index in [1.54, 1.807) is 11.3 Å². The van der Waals surface area contributed by atoms with Gasteiger partial charge in [0, 0.05) is 17.6 Å². The molecule has 3 fully saturated rings. The summed E-state index contributed by atoms with van der Waals surface area (Å²) in [5, 5.41) is 7.76. The lowest BCUT2D eigenvalue weighted by Gasteiger charge is -2.44. The maximum atomic E-state index is 6.24. The molecule has 2 aromatic rings. The monoisotopic (exact) mass is 350 g/mol. The number of piperidine rings is 3. The van der Waals surface area contributed by atoms with Gasteiger partial charge in [-0.15, -0.1) is 23.7 Å². The van der Waals surface area contributed by atoms with E-state index in [1.165, 1.54) is 37.2 Å². The fraction of sp³-hybridized carbons (Fsp3) is 0.444. The van der Waals surface area contributed by atoms with E-state index < -0.39 is 0 Å². The van der Waals surface area contributed by atoms with Crippen LogP contribution in [-0.4, -0.2) is 30.6 Å². The van der Waals surface area contributed by atoms with Gasteiger partial charge >= 0.3 is 0 Å². The van der Waals surface area contributed by atoms with E-state index in [4.69, 9.17) is 4.74 Å². The Bertz CT molecular complexity index is 635. The van der Waals surface area contributed by atoms with Gasteiger partial charge in [0.15, 0.2) is 0 Å². The molecule has 0 radical (unpaired) electrons. The standard InChI is InChI=1S/C18H22N2OS.ClH/c1-13-11-22-12-17(13)19-15-2-4-16(5-3-15)21-18-10-20-8-6-14(18)7-9-20;/h2-5,11-12,14,18-19H,6-10H2,1H3;1H. The van der Waals surface area contributed by atoms with Gasteiger partial charge in [0.25, 0.3) is 0 Å². The van der Waals surface area contributed by atoms with Gasteiger partial charge in [0.1, 0.15) is 11.9 Å². The van der Waals surface area contributed by atoms with Crippen LogP contribution >= 0.6 is 23.7 Å². The normalized spacial score (nSPS) is 25.7. The fourth-order valence-electron chi connectivity index (χ4n) is 3.48. The first-order valence-corrected chi connectivity index (χ1v) is 9.01. The number of fused-ring (bicyclic) bond motifs is 3. The van der Waals surface area contributed by atoms with Crippen LogP contribution in [0.25, 0.3) is 0 Å². The number of aryl methyl sites for hydroxylation is 1. The number of halogens is 1. The van der Waals surface area contributed by atoms with Crippen LogP contribution in [0, 0.1) is 12.8 Å². The van der Waals surface area contributed by atoms with Gasteiger partial charge in [-0.05, 0) is 74.0 Å². The van der Waals surface area contributed by atoms with Gasteiger partial charge in [-0.2, -0.15) is 0 Å². The Morgan fingerprint density at radius 1 is 1.13 bits per heavy atom. The Balaban J connectivity index is 0.00000156. The van der Waals surface area contributed by atoms with Crippen molar-refractivity contribution in [2.24, 2.45) is 5.92 Å². The molecule has 0 saturated carbocycles. The van der Waals surface area contributed by atoms with E-state index >= 15 is 0 Å². The van der Waals surface area contributed by atoms with Crippen LogP contribution in [-0.2, 0) is 0 Å². The summed E-state index contributed by atoms with van der Waals surface area (Å²) in [4.78, 5) is 2.53. The molecule has 2 bridgehead atoms. The van der Waals surface area contributed by atoms with Crippen molar-refractivity contribution in [2.75, 3.05) is 25.0 Å². The predicted molar refractivity (Wildman–Crippen MR) is 99.6 cm³/mol. The van der Waals surface area contributed by atoms with E-state index in [0.29, 0.717) is 6.10 Å². The second-order valence-corrected chi connectivity index (χ2v) is 7.16. The van der Waals surface area contributed by atoms with Gasteiger partial charge in [-0.3, -0.25) is 4.90 Å². The van der Waals surface area contributed by atoms with E-state index in [1.807, 2.05) is 0 Å². The van der Waals surface area contributed by atoms with Crippen molar-refractivity contribution in [2.45, 2.75) is 25.9 Å². The van der Waals surface area contributed by atoms with E-state index in [9.17, 15) is 0 Å². The third-order valence-corrected chi connectivity index (χ3v) is 5.73. The molecule has 3 nitrogen and oxygen atoms in total. The van der Waals surface area contributed by atoms with Gasteiger partial charge in [0.05, 0.1) is 5.69 Å². The molecule has 1 atom stereocenters. The fourth-order valence-corrected chi connectivity index (χ4v) is 4.26.